The Kier molecular flexibility index (Phi) is 23.3. The van der Waals surface area contributed by atoms with Crippen LogP contribution < -0.4 is 20.5 Å². The number of nitrogens with zero attached hydrogens (tertiary/aromatic N) is 1. The van der Waals surface area contributed by atoms with Crippen LogP contribution in [0.1, 0.15) is 117 Å². The molecule has 368 valence electrons. The maximum Gasteiger partial charge on any atom is 0.527 e. The van der Waals surface area contributed by atoms with Gasteiger partial charge in [0.2, 0.25) is 11.8 Å². The van der Waals surface area contributed by atoms with Crippen molar-refractivity contribution in [3.05, 3.63) is 101 Å². The number of halogens is 1. The molecule has 16 heteroatoms. The first-order valence-electron chi connectivity index (χ1n) is 23.9. The number of hydrogen-bond acceptors (Lipinski definition) is 8. The zero-order valence-corrected chi connectivity index (χ0v) is 42.0. The Hall–Kier alpha value is -4.85. The van der Waals surface area contributed by atoms with E-state index in [2.05, 4.69) is 51.6 Å². The second kappa shape index (κ2) is 28.5. The molecule has 3 amide bonds. The Morgan fingerprint density at radius 1 is 0.746 bits per heavy atom. The van der Waals surface area contributed by atoms with E-state index in [4.69, 9.17) is 25.4 Å². The highest BCUT2D eigenvalue weighted by molar-refractivity contribution is 7.47. The van der Waals surface area contributed by atoms with E-state index in [1.807, 2.05) is 60.8 Å². The molecule has 6 N–H and O–H groups in total. The maximum absolute atomic E-state index is 14.0. The molecule has 0 saturated carbocycles. The lowest BCUT2D eigenvalue weighted by molar-refractivity contribution is -0.130. The SMILES string of the molecule is CC(C)(C)OC(=O)N[C@H](Cc1cc2ccccc2[nH]1)C(=O)N[C@@H](Cc1c[nH]c2ccccc12)C(=O)NCCCCCCCCCCCCOP(=O)(O)Oc1ccccc1Cl.CCN(CC)CC. The number of amides is 3. The van der Waals surface area contributed by atoms with E-state index < -0.39 is 37.5 Å². The number of phosphoric ester groups is 1. The van der Waals surface area contributed by atoms with Crippen LogP contribution in [0, 0.1) is 0 Å². The molecule has 0 spiro atoms. The van der Waals surface area contributed by atoms with Gasteiger partial charge in [0, 0.05) is 47.7 Å². The number of phosphoric acid groups is 1. The van der Waals surface area contributed by atoms with Gasteiger partial charge in [-0.15, -0.1) is 0 Å². The topological polar surface area (TPSA) is 187 Å². The quantitative estimate of drug-likeness (QED) is 0.0220. The number of aromatic amines is 2. The lowest BCUT2D eigenvalue weighted by Crippen LogP contribution is -2.55. The number of aromatic nitrogens is 2. The predicted octanol–water partition coefficient (Wildman–Crippen LogP) is 11.0. The van der Waals surface area contributed by atoms with Gasteiger partial charge < -0.3 is 40.1 Å². The lowest BCUT2D eigenvalue weighted by Gasteiger charge is -2.25. The molecule has 0 saturated heterocycles. The summed E-state index contributed by atoms with van der Waals surface area (Å²) in [6.07, 6.45) is 11.3. The third-order valence-corrected chi connectivity index (χ3v) is 12.5. The third kappa shape index (κ3) is 20.1. The van der Waals surface area contributed by atoms with Crippen molar-refractivity contribution in [2.24, 2.45) is 0 Å². The van der Waals surface area contributed by atoms with Crippen LogP contribution in [-0.4, -0.2) is 88.1 Å². The molecule has 2 heterocycles. The molecule has 3 atom stereocenters. The van der Waals surface area contributed by atoms with Gasteiger partial charge in [0.1, 0.15) is 23.4 Å². The number of para-hydroxylation sites is 3. The van der Waals surface area contributed by atoms with Gasteiger partial charge >= 0.3 is 13.9 Å². The van der Waals surface area contributed by atoms with Crippen molar-refractivity contribution in [2.45, 2.75) is 136 Å². The molecule has 0 bridgehead atoms. The normalized spacial score (nSPS) is 13.3. The second-order valence-electron chi connectivity index (χ2n) is 17.7. The number of H-pyrrole nitrogens is 2. The number of alkyl carbamates (subject to hydrolysis) is 1. The molecule has 2 aromatic heterocycles. The summed E-state index contributed by atoms with van der Waals surface area (Å²) in [4.78, 5) is 59.7. The average molecular weight is 966 g/mol. The number of carbonyl (C=O) groups excluding carboxylic acids is 3. The second-order valence-corrected chi connectivity index (χ2v) is 19.5. The largest absolute Gasteiger partial charge is 0.527 e. The van der Waals surface area contributed by atoms with Gasteiger partial charge in [-0.2, -0.15) is 0 Å². The molecule has 5 rings (SSSR count). The number of hydrogen-bond donors (Lipinski definition) is 6. The highest BCUT2D eigenvalue weighted by Crippen LogP contribution is 2.45. The van der Waals surface area contributed by atoms with Crippen molar-refractivity contribution >= 4 is 59.1 Å². The minimum atomic E-state index is -4.23. The molecule has 0 radical (unpaired) electrons. The van der Waals surface area contributed by atoms with Crippen LogP contribution in [0.25, 0.3) is 21.8 Å². The van der Waals surface area contributed by atoms with Crippen molar-refractivity contribution < 1.29 is 37.6 Å². The van der Waals surface area contributed by atoms with Crippen molar-refractivity contribution in [3.63, 3.8) is 0 Å². The van der Waals surface area contributed by atoms with Gasteiger partial charge in [0.05, 0.1) is 11.6 Å². The molecule has 0 aliphatic heterocycles. The Morgan fingerprint density at radius 2 is 1.33 bits per heavy atom. The summed E-state index contributed by atoms with van der Waals surface area (Å²) >= 11 is 5.99. The number of benzene rings is 3. The first-order chi connectivity index (χ1) is 32.1. The molecular weight excluding hydrogens is 891 g/mol. The van der Waals surface area contributed by atoms with E-state index in [9.17, 15) is 23.8 Å². The standard InChI is InChI=1S/C45H59ClN5O8P.C6H15N/c1-45(2,3)58-44(54)51-40(30-34-28-32-20-12-15-23-37(32)49-34)43(53)50-39(29-33-31-48-38-24-16-13-21-35(33)38)42(52)47-26-18-10-8-6-4-5-7-9-11-19-27-57-60(55,56)59-41-25-17-14-22-36(41)46;1-4-7(5-2)6-3/h12-17,20-25,28,31,39-40,48-49H,4-11,18-19,26-27,29-30H2,1-3H3,(H,47,52)(H,50,53)(H,51,54)(H,55,56);4-6H2,1-3H3/t39-,40+;/m0./s1. The smallest absolute Gasteiger partial charge is 0.444 e. The van der Waals surface area contributed by atoms with E-state index in [1.165, 1.54) is 25.7 Å². The first kappa shape index (κ1) is 54.8. The molecule has 14 nitrogen and oxygen atoms in total. The van der Waals surface area contributed by atoms with Crippen LogP contribution in [0.3, 0.4) is 0 Å². The fourth-order valence-electron chi connectivity index (χ4n) is 7.62. The van der Waals surface area contributed by atoms with E-state index in [-0.39, 0.29) is 36.1 Å². The summed E-state index contributed by atoms with van der Waals surface area (Å²) in [6, 6.07) is 22.1. The van der Waals surface area contributed by atoms with E-state index in [0.29, 0.717) is 13.0 Å². The van der Waals surface area contributed by atoms with Crippen molar-refractivity contribution in [2.75, 3.05) is 32.8 Å². The van der Waals surface area contributed by atoms with Crippen LogP contribution in [0.5, 0.6) is 5.75 Å². The van der Waals surface area contributed by atoms with Crippen molar-refractivity contribution in [1.29, 1.82) is 0 Å². The fraction of sp³-hybridized carbons (Fsp3) is 0.510. The number of ether oxygens (including phenoxy) is 1. The van der Waals surface area contributed by atoms with Crippen molar-refractivity contribution in [3.8, 4) is 5.75 Å². The van der Waals surface area contributed by atoms with Crippen molar-refractivity contribution in [1.82, 2.24) is 30.8 Å². The zero-order chi connectivity index (χ0) is 48.7. The minimum absolute atomic E-state index is 0.112. The monoisotopic (exact) mass is 964 g/mol. The van der Waals surface area contributed by atoms with E-state index in [0.717, 1.165) is 90.9 Å². The summed E-state index contributed by atoms with van der Waals surface area (Å²) in [5.74, 6) is -0.681. The molecule has 0 fully saturated rings. The predicted molar refractivity (Wildman–Crippen MR) is 270 cm³/mol. The average Bonchev–Trinajstić information content (AvgIpc) is 3.90. The Labute approximate surface area is 402 Å². The van der Waals surface area contributed by atoms with E-state index >= 15 is 0 Å². The Bertz CT molecular complexity index is 2270. The molecule has 0 aliphatic carbocycles. The highest BCUT2D eigenvalue weighted by atomic mass is 35.5. The summed E-state index contributed by atoms with van der Waals surface area (Å²) < 4.78 is 27.9. The molecule has 5 aromatic rings. The number of fused-ring (bicyclic) bond motifs is 2. The third-order valence-electron chi connectivity index (χ3n) is 11.3. The van der Waals surface area contributed by atoms with Crippen LogP contribution in [0.4, 0.5) is 4.79 Å². The molecule has 67 heavy (non-hydrogen) atoms. The molecule has 3 aromatic carbocycles. The number of unbranched alkanes of at least 4 members (excludes halogenated alkanes) is 9. The zero-order valence-electron chi connectivity index (χ0n) is 40.3. The van der Waals surface area contributed by atoms with Crippen LogP contribution in [0.2, 0.25) is 5.02 Å². The summed E-state index contributed by atoms with van der Waals surface area (Å²) in [5.41, 5.74) is 2.72. The first-order valence-corrected chi connectivity index (χ1v) is 25.8. The van der Waals surface area contributed by atoms with Gasteiger partial charge in [-0.1, -0.05) is 132 Å². The van der Waals surface area contributed by atoms with Gasteiger partial charge in [-0.05, 0) is 94.5 Å². The van der Waals surface area contributed by atoms with Crippen LogP contribution in [0.15, 0.2) is 85.1 Å². The van der Waals surface area contributed by atoms with E-state index in [1.54, 1.807) is 39.0 Å². The Balaban J connectivity index is 0.00000129. The van der Waals surface area contributed by atoms with Gasteiger partial charge in [0.15, 0.2) is 0 Å². The maximum atomic E-state index is 14.0. The number of nitrogens with one attached hydrogen (secondary N) is 5. The summed E-state index contributed by atoms with van der Waals surface area (Å²) in [7, 11) is -4.23. The van der Waals surface area contributed by atoms with Gasteiger partial charge in [-0.25, -0.2) is 9.36 Å². The molecule has 1 unspecified atom stereocenters. The van der Waals surface area contributed by atoms with Gasteiger partial charge in [-0.3, -0.25) is 19.0 Å². The van der Waals surface area contributed by atoms with Crippen LogP contribution >= 0.6 is 19.4 Å². The fourth-order valence-corrected chi connectivity index (χ4v) is 8.67. The summed E-state index contributed by atoms with van der Waals surface area (Å²) in [5, 5.41) is 11.0. The van der Waals surface area contributed by atoms with Gasteiger partial charge in [0.25, 0.3) is 0 Å². The number of rotatable bonds is 27. The lowest BCUT2D eigenvalue weighted by atomic mass is 10.0. The van der Waals surface area contributed by atoms with Crippen LogP contribution in [-0.2, 0) is 36.3 Å². The minimum Gasteiger partial charge on any atom is -0.444 e. The Morgan fingerprint density at radius 3 is 1.96 bits per heavy atom. The number of carbonyl (C=O) groups is 3. The summed E-state index contributed by atoms with van der Waals surface area (Å²) in [6.45, 7) is 16.0. The molecular formula is C51H74ClN6O8P. The molecule has 0 aliphatic rings. The highest BCUT2D eigenvalue weighted by Gasteiger charge is 2.30.